The Labute approximate surface area is 205 Å². The van der Waals surface area contributed by atoms with E-state index in [0.29, 0.717) is 38.0 Å². The number of anilines is 1. The smallest absolute Gasteiger partial charge is 0.415 e. The Morgan fingerprint density at radius 2 is 1.83 bits per heavy atom. The molecule has 2 saturated heterocycles. The number of methoxy groups -OCH3 is 1. The molecule has 0 unspecified atom stereocenters. The Hall–Kier alpha value is -3.87. The maximum atomic E-state index is 13.2. The van der Waals surface area contributed by atoms with E-state index < -0.39 is 5.60 Å². The standard InChI is InChI=1S/C28H29N3O4/c1-34-25-11-6-5-8-21(25)18-23-13-12-22(19-29-23)26(32)30-16-7-14-28(15-17-30)20-31(27(33)35-28)24-9-3-2-4-10-24/h2-6,8-13,19H,7,14-18,20H2,1H3/t28-/m0/s1. The summed E-state index contributed by atoms with van der Waals surface area (Å²) in [6, 6.07) is 21.2. The molecule has 2 aromatic carbocycles. The number of aromatic nitrogens is 1. The predicted molar refractivity (Wildman–Crippen MR) is 133 cm³/mol. The summed E-state index contributed by atoms with van der Waals surface area (Å²) in [5.41, 5.74) is 2.78. The van der Waals surface area contributed by atoms with Gasteiger partial charge in [-0.05, 0) is 43.2 Å². The molecule has 2 fully saturated rings. The summed E-state index contributed by atoms with van der Waals surface area (Å²) in [6.45, 7) is 1.68. The molecule has 0 radical (unpaired) electrons. The summed E-state index contributed by atoms with van der Waals surface area (Å²) in [5.74, 6) is 0.786. The highest BCUT2D eigenvalue weighted by Gasteiger charge is 2.46. The normalized spacial score (nSPS) is 20.0. The lowest BCUT2D eigenvalue weighted by molar-refractivity contribution is 0.0438. The number of rotatable bonds is 5. The van der Waals surface area contributed by atoms with E-state index >= 15 is 0 Å². The molecule has 2 aliphatic heterocycles. The van der Waals surface area contributed by atoms with Crippen molar-refractivity contribution in [2.45, 2.75) is 31.3 Å². The third kappa shape index (κ3) is 4.85. The number of amides is 2. The number of hydrogen-bond donors (Lipinski definition) is 0. The molecule has 1 aromatic heterocycles. The van der Waals surface area contributed by atoms with Gasteiger partial charge in [0.1, 0.15) is 11.4 Å². The van der Waals surface area contributed by atoms with Crippen molar-refractivity contribution < 1.29 is 19.1 Å². The number of para-hydroxylation sites is 2. The van der Waals surface area contributed by atoms with E-state index in [4.69, 9.17) is 9.47 Å². The first kappa shape index (κ1) is 22.9. The minimum absolute atomic E-state index is 0.0392. The Morgan fingerprint density at radius 1 is 1.03 bits per heavy atom. The first-order chi connectivity index (χ1) is 17.1. The van der Waals surface area contributed by atoms with Crippen LogP contribution in [0.1, 0.15) is 40.9 Å². The largest absolute Gasteiger partial charge is 0.496 e. The van der Waals surface area contributed by atoms with Crippen LogP contribution in [-0.2, 0) is 11.2 Å². The number of pyridine rings is 1. The van der Waals surface area contributed by atoms with Gasteiger partial charge in [-0.2, -0.15) is 0 Å². The lowest BCUT2D eigenvalue weighted by Gasteiger charge is -2.25. The van der Waals surface area contributed by atoms with E-state index in [1.165, 1.54) is 0 Å². The summed E-state index contributed by atoms with van der Waals surface area (Å²) in [4.78, 5) is 33.9. The van der Waals surface area contributed by atoms with Gasteiger partial charge in [-0.25, -0.2) is 4.79 Å². The van der Waals surface area contributed by atoms with Crippen molar-refractivity contribution in [2.75, 3.05) is 31.6 Å². The van der Waals surface area contributed by atoms with Crippen molar-refractivity contribution in [3.8, 4) is 5.75 Å². The highest BCUT2D eigenvalue weighted by molar-refractivity contribution is 5.94. The van der Waals surface area contributed by atoms with Crippen LogP contribution >= 0.6 is 0 Å². The van der Waals surface area contributed by atoms with Crippen molar-refractivity contribution in [1.29, 1.82) is 0 Å². The summed E-state index contributed by atoms with van der Waals surface area (Å²) in [6.07, 6.45) is 4.11. The minimum Gasteiger partial charge on any atom is -0.496 e. The molecule has 1 atom stereocenters. The van der Waals surface area contributed by atoms with Gasteiger partial charge in [0.2, 0.25) is 0 Å². The molecule has 180 valence electrons. The molecule has 2 aliphatic rings. The Morgan fingerprint density at radius 3 is 2.60 bits per heavy atom. The number of carbonyl (C=O) groups is 2. The summed E-state index contributed by atoms with van der Waals surface area (Å²) < 4.78 is 11.3. The van der Waals surface area contributed by atoms with Crippen molar-refractivity contribution >= 4 is 17.7 Å². The number of likely N-dealkylation sites (tertiary alicyclic amines) is 1. The summed E-state index contributed by atoms with van der Waals surface area (Å²) >= 11 is 0. The third-order valence-electron chi connectivity index (χ3n) is 6.86. The fraction of sp³-hybridized carbons (Fsp3) is 0.321. The molecule has 1 spiro atoms. The van der Waals surface area contributed by atoms with Gasteiger partial charge in [-0.1, -0.05) is 36.4 Å². The molecule has 2 amide bonds. The second kappa shape index (κ2) is 9.78. The predicted octanol–water partition coefficient (Wildman–Crippen LogP) is 4.70. The molecule has 0 N–H and O–H groups in total. The topological polar surface area (TPSA) is 72.0 Å². The van der Waals surface area contributed by atoms with Gasteiger partial charge >= 0.3 is 6.09 Å². The fourth-order valence-electron chi connectivity index (χ4n) is 4.94. The van der Waals surface area contributed by atoms with E-state index in [9.17, 15) is 9.59 Å². The van der Waals surface area contributed by atoms with Gasteiger partial charge in [0.15, 0.2) is 0 Å². The molecule has 0 aliphatic carbocycles. The van der Waals surface area contributed by atoms with Crippen molar-refractivity contribution in [3.63, 3.8) is 0 Å². The highest BCUT2D eigenvalue weighted by Crippen LogP contribution is 2.36. The van der Waals surface area contributed by atoms with E-state index in [-0.39, 0.29) is 12.0 Å². The number of carbonyl (C=O) groups excluding carboxylic acids is 2. The molecule has 3 aromatic rings. The number of ether oxygens (including phenoxy) is 2. The fourth-order valence-corrected chi connectivity index (χ4v) is 4.94. The van der Waals surface area contributed by atoms with Crippen molar-refractivity contribution in [1.82, 2.24) is 9.88 Å². The molecular formula is C28H29N3O4. The Balaban J connectivity index is 1.23. The second-order valence-electron chi connectivity index (χ2n) is 9.15. The minimum atomic E-state index is -0.557. The molecule has 5 rings (SSSR count). The lowest BCUT2D eigenvalue weighted by atomic mass is 9.95. The van der Waals surface area contributed by atoms with E-state index in [1.54, 1.807) is 18.2 Å². The number of hydrogen-bond acceptors (Lipinski definition) is 5. The van der Waals surface area contributed by atoms with Gasteiger partial charge < -0.3 is 14.4 Å². The van der Waals surface area contributed by atoms with E-state index in [2.05, 4.69) is 4.98 Å². The zero-order valence-corrected chi connectivity index (χ0v) is 19.9. The highest BCUT2D eigenvalue weighted by atomic mass is 16.6. The van der Waals surface area contributed by atoms with Crippen molar-refractivity contribution in [2.24, 2.45) is 0 Å². The van der Waals surface area contributed by atoms with Gasteiger partial charge in [-0.3, -0.25) is 14.7 Å². The van der Waals surface area contributed by atoms with Crippen LogP contribution in [0.25, 0.3) is 0 Å². The number of benzene rings is 2. The molecule has 7 heteroatoms. The quantitative estimate of drug-likeness (QED) is 0.539. The zero-order chi connectivity index (χ0) is 24.3. The van der Waals surface area contributed by atoms with Crippen LogP contribution in [0.15, 0.2) is 72.9 Å². The van der Waals surface area contributed by atoms with Gasteiger partial charge in [0, 0.05) is 49.1 Å². The zero-order valence-electron chi connectivity index (χ0n) is 19.9. The first-order valence-corrected chi connectivity index (χ1v) is 12.0. The van der Waals surface area contributed by atoms with Crippen LogP contribution in [0.3, 0.4) is 0 Å². The maximum Gasteiger partial charge on any atom is 0.415 e. The molecular weight excluding hydrogens is 442 g/mol. The Bertz CT molecular complexity index is 1200. The number of nitrogens with zero attached hydrogens (tertiary/aromatic N) is 3. The second-order valence-corrected chi connectivity index (χ2v) is 9.15. The molecule has 0 bridgehead atoms. The van der Waals surface area contributed by atoms with Crippen LogP contribution in [0.5, 0.6) is 5.75 Å². The average Bonchev–Trinajstić information content (AvgIpc) is 3.08. The van der Waals surface area contributed by atoms with E-state index in [0.717, 1.165) is 35.5 Å². The van der Waals surface area contributed by atoms with Crippen LogP contribution in [0.2, 0.25) is 0 Å². The van der Waals surface area contributed by atoms with Gasteiger partial charge in [0.25, 0.3) is 5.91 Å². The van der Waals surface area contributed by atoms with E-state index in [1.807, 2.05) is 71.6 Å². The first-order valence-electron chi connectivity index (χ1n) is 12.0. The average molecular weight is 472 g/mol. The maximum absolute atomic E-state index is 13.2. The van der Waals surface area contributed by atoms with Crippen LogP contribution < -0.4 is 9.64 Å². The monoisotopic (exact) mass is 471 g/mol. The van der Waals surface area contributed by atoms with Gasteiger partial charge in [0.05, 0.1) is 19.2 Å². The van der Waals surface area contributed by atoms with Crippen LogP contribution in [0, 0.1) is 0 Å². The molecule has 3 heterocycles. The third-order valence-corrected chi connectivity index (χ3v) is 6.86. The lowest BCUT2D eigenvalue weighted by Crippen LogP contribution is -2.37. The summed E-state index contributed by atoms with van der Waals surface area (Å²) in [5, 5.41) is 0. The molecule has 7 nitrogen and oxygen atoms in total. The molecule has 0 saturated carbocycles. The van der Waals surface area contributed by atoms with Crippen molar-refractivity contribution in [3.05, 3.63) is 89.7 Å². The summed E-state index contributed by atoms with van der Waals surface area (Å²) in [7, 11) is 1.66. The van der Waals surface area contributed by atoms with Crippen LogP contribution in [0.4, 0.5) is 10.5 Å². The molecule has 35 heavy (non-hydrogen) atoms. The van der Waals surface area contributed by atoms with Gasteiger partial charge in [-0.15, -0.1) is 0 Å². The van der Waals surface area contributed by atoms with Crippen LogP contribution in [-0.4, -0.2) is 54.2 Å². The Kier molecular flexibility index (Phi) is 6.40. The SMILES string of the molecule is COc1ccccc1Cc1ccc(C(=O)N2CCC[C@]3(CC2)CN(c2ccccc2)C(=O)O3)cn1.